The van der Waals surface area contributed by atoms with Crippen LogP contribution in [0.1, 0.15) is 45.6 Å². The fraction of sp³-hybridized carbons (Fsp3) is 0.611. The number of benzene rings is 1. The molecule has 0 aliphatic carbocycles. The minimum Gasteiger partial charge on any atom is -0.460 e. The molecule has 1 N–H and O–H groups in total. The number of hydrogen-bond acceptors (Lipinski definition) is 3. The van der Waals surface area contributed by atoms with Crippen LogP contribution >= 0.6 is 0 Å². The number of piperidine rings is 1. The highest BCUT2D eigenvalue weighted by Crippen LogP contribution is 2.36. The molecule has 116 valence electrons. The standard InChI is InChI=1S/C18H27NO2/c1-17(2,3)21-16(20)18(11-13-19-14-12-18)10-9-15-7-5-4-6-8-15/h4-8,19H,9-14H2,1-3H3. The zero-order chi connectivity index (χ0) is 15.3. The lowest BCUT2D eigenvalue weighted by Crippen LogP contribution is -2.45. The van der Waals surface area contributed by atoms with Gasteiger partial charge < -0.3 is 10.1 Å². The van der Waals surface area contributed by atoms with Crippen LogP contribution in [0.5, 0.6) is 0 Å². The first kappa shape index (κ1) is 16.0. The van der Waals surface area contributed by atoms with Crippen LogP contribution in [0.2, 0.25) is 0 Å². The molecule has 3 heteroatoms. The summed E-state index contributed by atoms with van der Waals surface area (Å²) in [7, 11) is 0. The first-order valence-electron chi connectivity index (χ1n) is 7.89. The van der Waals surface area contributed by atoms with Crippen LogP contribution in [-0.2, 0) is 16.0 Å². The third kappa shape index (κ3) is 4.57. The van der Waals surface area contributed by atoms with E-state index >= 15 is 0 Å². The summed E-state index contributed by atoms with van der Waals surface area (Å²) in [5.41, 5.74) is 0.551. The van der Waals surface area contributed by atoms with E-state index in [1.54, 1.807) is 0 Å². The molecule has 3 nitrogen and oxygen atoms in total. The first-order valence-corrected chi connectivity index (χ1v) is 7.89. The van der Waals surface area contributed by atoms with Crippen LogP contribution in [0.3, 0.4) is 0 Å². The summed E-state index contributed by atoms with van der Waals surface area (Å²) >= 11 is 0. The van der Waals surface area contributed by atoms with Crippen molar-refractivity contribution in [1.82, 2.24) is 5.32 Å². The maximum atomic E-state index is 12.7. The quantitative estimate of drug-likeness (QED) is 0.864. The van der Waals surface area contributed by atoms with Gasteiger partial charge in [0.15, 0.2) is 0 Å². The van der Waals surface area contributed by atoms with Gasteiger partial charge in [-0.3, -0.25) is 4.79 Å². The van der Waals surface area contributed by atoms with Crippen molar-refractivity contribution in [3.8, 4) is 0 Å². The summed E-state index contributed by atoms with van der Waals surface area (Å²) < 4.78 is 5.70. The van der Waals surface area contributed by atoms with Crippen LogP contribution in [0.25, 0.3) is 0 Å². The Morgan fingerprint density at radius 1 is 1.19 bits per heavy atom. The number of aryl methyl sites for hydroxylation is 1. The summed E-state index contributed by atoms with van der Waals surface area (Å²) in [6.45, 7) is 7.62. The van der Waals surface area contributed by atoms with Gasteiger partial charge in [0.2, 0.25) is 0 Å². The van der Waals surface area contributed by atoms with Gasteiger partial charge in [0.25, 0.3) is 0 Å². The molecule has 0 spiro atoms. The van der Waals surface area contributed by atoms with Crippen LogP contribution in [-0.4, -0.2) is 24.7 Å². The molecular formula is C18H27NO2. The fourth-order valence-electron chi connectivity index (χ4n) is 2.88. The highest BCUT2D eigenvalue weighted by Gasteiger charge is 2.42. The van der Waals surface area contributed by atoms with Crippen molar-refractivity contribution in [3.05, 3.63) is 35.9 Å². The molecule has 2 rings (SSSR count). The Kier molecular flexibility index (Phi) is 5.04. The lowest BCUT2D eigenvalue weighted by molar-refractivity contribution is -0.170. The molecule has 0 unspecified atom stereocenters. The summed E-state index contributed by atoms with van der Waals surface area (Å²) in [5, 5.41) is 3.35. The molecule has 0 amide bonds. The Bertz CT molecular complexity index is 456. The molecule has 0 radical (unpaired) electrons. The molecule has 1 heterocycles. The maximum absolute atomic E-state index is 12.7. The monoisotopic (exact) mass is 289 g/mol. The van der Waals surface area contributed by atoms with E-state index in [0.29, 0.717) is 0 Å². The molecular weight excluding hydrogens is 262 g/mol. The maximum Gasteiger partial charge on any atom is 0.312 e. The highest BCUT2D eigenvalue weighted by molar-refractivity contribution is 5.77. The normalized spacial score (nSPS) is 18.2. The summed E-state index contributed by atoms with van der Waals surface area (Å²) in [6.07, 6.45) is 3.54. The van der Waals surface area contributed by atoms with Gasteiger partial charge in [-0.05, 0) is 65.1 Å². The number of hydrogen-bond donors (Lipinski definition) is 1. The number of ether oxygens (including phenoxy) is 1. The second kappa shape index (κ2) is 6.61. The van der Waals surface area contributed by atoms with Gasteiger partial charge >= 0.3 is 5.97 Å². The van der Waals surface area contributed by atoms with Gasteiger partial charge in [0.05, 0.1) is 5.41 Å². The van der Waals surface area contributed by atoms with E-state index in [2.05, 4.69) is 29.6 Å². The van der Waals surface area contributed by atoms with Gasteiger partial charge in [-0.2, -0.15) is 0 Å². The number of carbonyl (C=O) groups is 1. The van der Waals surface area contributed by atoms with Crippen molar-refractivity contribution >= 4 is 5.97 Å². The average molecular weight is 289 g/mol. The van der Waals surface area contributed by atoms with E-state index in [4.69, 9.17) is 4.74 Å². The molecule has 1 saturated heterocycles. The van der Waals surface area contributed by atoms with Crippen molar-refractivity contribution in [2.24, 2.45) is 5.41 Å². The second-order valence-corrected chi connectivity index (χ2v) is 7.02. The number of carbonyl (C=O) groups excluding carboxylic acids is 1. The zero-order valence-corrected chi connectivity index (χ0v) is 13.4. The Morgan fingerprint density at radius 3 is 2.38 bits per heavy atom. The Hall–Kier alpha value is -1.35. The van der Waals surface area contributed by atoms with Crippen molar-refractivity contribution in [1.29, 1.82) is 0 Å². The predicted octanol–water partition coefficient (Wildman–Crippen LogP) is 3.33. The van der Waals surface area contributed by atoms with Gasteiger partial charge in [0, 0.05) is 0 Å². The minimum absolute atomic E-state index is 0.0209. The molecule has 1 aliphatic heterocycles. The molecule has 1 fully saturated rings. The minimum atomic E-state index is -0.415. The number of nitrogens with one attached hydrogen (secondary N) is 1. The molecule has 0 atom stereocenters. The van der Waals surface area contributed by atoms with E-state index in [0.717, 1.165) is 38.8 Å². The fourth-order valence-corrected chi connectivity index (χ4v) is 2.88. The molecule has 0 saturated carbocycles. The van der Waals surface area contributed by atoms with Crippen molar-refractivity contribution < 1.29 is 9.53 Å². The number of rotatable bonds is 4. The van der Waals surface area contributed by atoms with E-state index in [1.807, 2.05) is 26.8 Å². The van der Waals surface area contributed by atoms with E-state index in [9.17, 15) is 4.79 Å². The van der Waals surface area contributed by atoms with Gasteiger partial charge in [-0.1, -0.05) is 30.3 Å². The topological polar surface area (TPSA) is 38.3 Å². The van der Waals surface area contributed by atoms with Crippen molar-refractivity contribution in [2.45, 2.75) is 52.1 Å². The third-order valence-corrected chi connectivity index (χ3v) is 4.13. The SMILES string of the molecule is CC(C)(C)OC(=O)C1(CCc2ccccc2)CCNCC1. The molecule has 0 aromatic heterocycles. The molecule has 1 aliphatic rings. The smallest absolute Gasteiger partial charge is 0.312 e. The lowest BCUT2D eigenvalue weighted by atomic mass is 9.74. The van der Waals surface area contributed by atoms with E-state index in [-0.39, 0.29) is 11.4 Å². The molecule has 1 aromatic rings. The molecule has 21 heavy (non-hydrogen) atoms. The first-order chi connectivity index (χ1) is 9.91. The van der Waals surface area contributed by atoms with Crippen LogP contribution in [0, 0.1) is 5.41 Å². The van der Waals surface area contributed by atoms with Crippen molar-refractivity contribution in [3.63, 3.8) is 0 Å². The van der Waals surface area contributed by atoms with Crippen LogP contribution in [0.4, 0.5) is 0 Å². The Balaban J connectivity index is 2.07. The zero-order valence-electron chi connectivity index (χ0n) is 13.4. The lowest BCUT2D eigenvalue weighted by Gasteiger charge is -2.37. The average Bonchev–Trinajstić information content (AvgIpc) is 2.45. The van der Waals surface area contributed by atoms with Gasteiger partial charge in [0.1, 0.15) is 5.60 Å². The largest absolute Gasteiger partial charge is 0.460 e. The van der Waals surface area contributed by atoms with Gasteiger partial charge in [-0.15, -0.1) is 0 Å². The van der Waals surface area contributed by atoms with E-state index in [1.165, 1.54) is 5.56 Å². The van der Waals surface area contributed by atoms with Crippen LogP contribution in [0.15, 0.2) is 30.3 Å². The molecule has 0 bridgehead atoms. The third-order valence-electron chi connectivity index (χ3n) is 4.13. The van der Waals surface area contributed by atoms with Gasteiger partial charge in [-0.25, -0.2) is 0 Å². The highest BCUT2D eigenvalue weighted by atomic mass is 16.6. The van der Waals surface area contributed by atoms with Crippen LogP contribution < -0.4 is 5.32 Å². The molecule has 1 aromatic carbocycles. The number of esters is 1. The summed E-state index contributed by atoms with van der Waals surface area (Å²) in [4.78, 5) is 12.7. The van der Waals surface area contributed by atoms with Crippen molar-refractivity contribution in [2.75, 3.05) is 13.1 Å². The summed E-state index contributed by atoms with van der Waals surface area (Å²) in [5.74, 6) is -0.0209. The Labute approximate surface area is 128 Å². The summed E-state index contributed by atoms with van der Waals surface area (Å²) in [6, 6.07) is 10.4. The van der Waals surface area contributed by atoms with E-state index < -0.39 is 5.60 Å². The predicted molar refractivity (Wildman–Crippen MR) is 85.1 cm³/mol. The Morgan fingerprint density at radius 2 is 1.81 bits per heavy atom. The second-order valence-electron chi connectivity index (χ2n) is 7.02.